The lowest BCUT2D eigenvalue weighted by Crippen LogP contribution is -2.32. The summed E-state index contributed by atoms with van der Waals surface area (Å²) < 4.78 is 0. The normalized spacial score (nSPS) is 17.0. The molecular weight excluding hydrogens is 292 g/mol. The second-order valence-corrected chi connectivity index (χ2v) is 5.78. The van der Waals surface area contributed by atoms with Crippen molar-refractivity contribution in [3.8, 4) is 0 Å². The molecule has 1 aliphatic carbocycles. The molecule has 1 unspecified atom stereocenters. The van der Waals surface area contributed by atoms with Gasteiger partial charge in [-0.25, -0.2) is 4.98 Å². The third-order valence-corrected chi connectivity index (χ3v) is 4.33. The number of H-pyrrole nitrogens is 2. The van der Waals surface area contributed by atoms with Crippen molar-refractivity contribution in [2.24, 2.45) is 0 Å². The Morgan fingerprint density at radius 2 is 2.22 bits per heavy atom. The molecule has 3 aromatic heterocycles. The van der Waals surface area contributed by atoms with E-state index in [1.807, 2.05) is 18.2 Å². The number of nitrogens with zero attached hydrogens (tertiary/aromatic N) is 1. The van der Waals surface area contributed by atoms with Crippen molar-refractivity contribution < 1.29 is 4.79 Å². The van der Waals surface area contributed by atoms with Gasteiger partial charge in [-0.2, -0.15) is 0 Å². The molecule has 3 heterocycles. The summed E-state index contributed by atoms with van der Waals surface area (Å²) in [5, 5.41) is 3.89. The molecule has 0 aromatic carbocycles. The summed E-state index contributed by atoms with van der Waals surface area (Å²) in [6.07, 6.45) is 6.02. The van der Waals surface area contributed by atoms with E-state index < -0.39 is 0 Å². The maximum atomic E-state index is 12.6. The Hall–Kier alpha value is -2.89. The number of hydrogen-bond acceptors (Lipinski definition) is 3. The first-order chi connectivity index (χ1) is 11.2. The number of aromatic nitrogens is 3. The minimum atomic E-state index is -0.131. The molecule has 6 heteroatoms. The lowest BCUT2D eigenvalue weighted by atomic mass is 9.91. The molecule has 1 amide bonds. The lowest BCUT2D eigenvalue weighted by Gasteiger charge is -2.25. The molecule has 0 fully saturated rings. The fraction of sp³-hybridized carbons (Fsp3) is 0.235. The van der Waals surface area contributed by atoms with Crippen molar-refractivity contribution >= 4 is 16.9 Å². The van der Waals surface area contributed by atoms with Crippen LogP contribution in [0.3, 0.4) is 0 Å². The van der Waals surface area contributed by atoms with Crippen LogP contribution in [-0.2, 0) is 6.42 Å². The number of aromatic amines is 2. The Morgan fingerprint density at radius 3 is 3.13 bits per heavy atom. The van der Waals surface area contributed by atoms with Crippen LogP contribution in [0.1, 0.15) is 40.5 Å². The van der Waals surface area contributed by atoms with Gasteiger partial charge in [0.25, 0.3) is 5.91 Å². The highest BCUT2D eigenvalue weighted by Gasteiger charge is 2.23. The van der Waals surface area contributed by atoms with Gasteiger partial charge in [0.15, 0.2) is 0 Å². The number of hydrogen-bond donors (Lipinski definition) is 3. The van der Waals surface area contributed by atoms with Gasteiger partial charge in [-0.05, 0) is 43.0 Å². The highest BCUT2D eigenvalue weighted by molar-refractivity contribution is 6.06. The Balaban J connectivity index is 1.64. The molecule has 3 aromatic rings. The predicted octanol–water partition coefficient (Wildman–Crippen LogP) is 2.06. The molecule has 116 valence electrons. The molecule has 1 atom stereocenters. The molecule has 0 radical (unpaired) electrons. The van der Waals surface area contributed by atoms with Crippen molar-refractivity contribution in [1.82, 2.24) is 20.3 Å². The van der Waals surface area contributed by atoms with Crippen LogP contribution in [0.25, 0.3) is 11.0 Å². The average molecular weight is 308 g/mol. The largest absolute Gasteiger partial charge is 0.345 e. The van der Waals surface area contributed by atoms with E-state index in [2.05, 4.69) is 20.3 Å². The summed E-state index contributed by atoms with van der Waals surface area (Å²) in [5.41, 5.74) is 3.12. The smallest absolute Gasteiger partial charge is 0.253 e. The van der Waals surface area contributed by atoms with Crippen LogP contribution in [0.2, 0.25) is 0 Å². The maximum absolute atomic E-state index is 12.6. The number of aryl methyl sites for hydroxylation is 1. The van der Waals surface area contributed by atoms with Crippen LogP contribution in [0.15, 0.2) is 41.5 Å². The van der Waals surface area contributed by atoms with E-state index in [-0.39, 0.29) is 17.5 Å². The van der Waals surface area contributed by atoms with E-state index in [0.717, 1.165) is 35.9 Å². The number of amides is 1. The van der Waals surface area contributed by atoms with Gasteiger partial charge >= 0.3 is 0 Å². The summed E-state index contributed by atoms with van der Waals surface area (Å²) in [4.78, 5) is 34.2. The molecule has 0 bridgehead atoms. The van der Waals surface area contributed by atoms with Crippen LogP contribution >= 0.6 is 0 Å². The molecular formula is C17H16N4O2. The number of nitrogens with one attached hydrogen (secondary N) is 3. The van der Waals surface area contributed by atoms with E-state index in [1.165, 1.54) is 6.07 Å². The average Bonchev–Trinajstić information content (AvgIpc) is 2.99. The Kier molecular flexibility index (Phi) is 3.22. The van der Waals surface area contributed by atoms with E-state index in [4.69, 9.17) is 0 Å². The van der Waals surface area contributed by atoms with Gasteiger partial charge in [-0.15, -0.1) is 0 Å². The summed E-state index contributed by atoms with van der Waals surface area (Å²) >= 11 is 0. The summed E-state index contributed by atoms with van der Waals surface area (Å²) in [6.45, 7) is 0. The van der Waals surface area contributed by atoms with E-state index >= 15 is 0 Å². The fourth-order valence-electron chi connectivity index (χ4n) is 3.23. The van der Waals surface area contributed by atoms with E-state index in [1.54, 1.807) is 12.4 Å². The standard InChI is InChI=1S/C17H16N4O2/c22-15-7-6-11-13(20-15)4-1-5-14(11)21-17(23)12-9-19-16-10(12)3-2-8-18-16/h2-3,6-9,14H,1,4-5H2,(H,18,19)(H,20,22)(H,21,23). The minimum Gasteiger partial charge on any atom is -0.345 e. The third kappa shape index (κ3) is 2.42. The van der Waals surface area contributed by atoms with Gasteiger partial charge in [-0.3, -0.25) is 9.59 Å². The topological polar surface area (TPSA) is 90.6 Å². The van der Waals surface area contributed by atoms with Gasteiger partial charge in [0.1, 0.15) is 5.65 Å². The van der Waals surface area contributed by atoms with Crippen LogP contribution < -0.4 is 10.9 Å². The second-order valence-electron chi connectivity index (χ2n) is 5.78. The number of rotatable bonds is 2. The molecule has 6 nitrogen and oxygen atoms in total. The second kappa shape index (κ2) is 5.39. The minimum absolute atomic E-state index is 0.0790. The Morgan fingerprint density at radius 1 is 1.30 bits per heavy atom. The molecule has 3 N–H and O–H groups in total. The van der Waals surface area contributed by atoms with Crippen LogP contribution in [0.5, 0.6) is 0 Å². The highest BCUT2D eigenvalue weighted by atomic mass is 16.1. The molecule has 1 aliphatic rings. The van der Waals surface area contributed by atoms with Gasteiger partial charge < -0.3 is 15.3 Å². The van der Waals surface area contributed by atoms with E-state index in [0.29, 0.717) is 11.2 Å². The van der Waals surface area contributed by atoms with Crippen molar-refractivity contribution in [2.45, 2.75) is 25.3 Å². The zero-order valence-electron chi connectivity index (χ0n) is 12.4. The monoisotopic (exact) mass is 308 g/mol. The maximum Gasteiger partial charge on any atom is 0.253 e. The van der Waals surface area contributed by atoms with E-state index in [9.17, 15) is 9.59 Å². The van der Waals surface area contributed by atoms with Gasteiger partial charge in [0, 0.05) is 29.5 Å². The quantitative estimate of drug-likeness (QED) is 0.677. The summed E-state index contributed by atoms with van der Waals surface area (Å²) in [5.74, 6) is -0.131. The fourth-order valence-corrected chi connectivity index (χ4v) is 3.23. The van der Waals surface area contributed by atoms with Crippen molar-refractivity contribution in [1.29, 1.82) is 0 Å². The van der Waals surface area contributed by atoms with Gasteiger partial charge in [0.2, 0.25) is 5.56 Å². The zero-order chi connectivity index (χ0) is 15.8. The first kappa shape index (κ1) is 13.8. The van der Waals surface area contributed by atoms with Crippen LogP contribution in [0, 0.1) is 0 Å². The SMILES string of the molecule is O=C(NC1CCCc2[nH]c(=O)ccc21)c1c[nH]c2ncccc12. The van der Waals surface area contributed by atoms with Gasteiger partial charge in [0.05, 0.1) is 11.6 Å². The molecule has 4 rings (SSSR count). The molecule has 0 spiro atoms. The number of fused-ring (bicyclic) bond motifs is 2. The predicted molar refractivity (Wildman–Crippen MR) is 86.3 cm³/mol. The Labute approximate surface area is 132 Å². The van der Waals surface area contributed by atoms with Crippen LogP contribution in [0.4, 0.5) is 0 Å². The Bertz CT molecular complexity index is 941. The third-order valence-electron chi connectivity index (χ3n) is 4.33. The first-order valence-corrected chi connectivity index (χ1v) is 7.67. The van der Waals surface area contributed by atoms with Crippen molar-refractivity contribution in [3.05, 3.63) is 63.8 Å². The molecule has 0 aliphatic heterocycles. The first-order valence-electron chi connectivity index (χ1n) is 7.67. The van der Waals surface area contributed by atoms with Crippen LogP contribution in [-0.4, -0.2) is 20.9 Å². The number of pyridine rings is 2. The molecule has 0 saturated carbocycles. The van der Waals surface area contributed by atoms with Crippen molar-refractivity contribution in [3.63, 3.8) is 0 Å². The zero-order valence-corrected chi connectivity index (χ0v) is 12.4. The number of carbonyl (C=O) groups excluding carboxylic acids is 1. The highest BCUT2D eigenvalue weighted by Crippen LogP contribution is 2.28. The summed E-state index contributed by atoms with van der Waals surface area (Å²) in [7, 11) is 0. The molecule has 0 saturated heterocycles. The summed E-state index contributed by atoms with van der Waals surface area (Å²) in [6, 6.07) is 6.94. The van der Waals surface area contributed by atoms with Gasteiger partial charge in [-0.1, -0.05) is 0 Å². The lowest BCUT2D eigenvalue weighted by molar-refractivity contribution is 0.0934. The number of carbonyl (C=O) groups is 1. The molecule has 23 heavy (non-hydrogen) atoms. The van der Waals surface area contributed by atoms with Crippen molar-refractivity contribution in [2.75, 3.05) is 0 Å².